The average Bonchev–Trinajstić information content (AvgIpc) is 2.68. The highest BCUT2D eigenvalue weighted by Gasteiger charge is 2.34. The summed E-state index contributed by atoms with van der Waals surface area (Å²) in [6.07, 6.45) is 2.49. The molecule has 2 aromatic rings. The number of primary amides is 1. The molecule has 28 heavy (non-hydrogen) atoms. The highest BCUT2D eigenvalue weighted by Crippen LogP contribution is 2.18. The molecule has 146 valence electrons. The molecule has 1 saturated heterocycles. The van der Waals surface area contributed by atoms with Gasteiger partial charge in [-0.2, -0.15) is 0 Å². The van der Waals surface area contributed by atoms with Crippen molar-refractivity contribution in [3.63, 3.8) is 0 Å². The lowest BCUT2D eigenvalue weighted by atomic mass is 9.96. The molecule has 2 atom stereocenters. The molecule has 0 spiro atoms. The highest BCUT2D eigenvalue weighted by molar-refractivity contribution is 5.94. The van der Waals surface area contributed by atoms with Gasteiger partial charge >= 0.3 is 0 Å². The first-order valence-electron chi connectivity index (χ1n) is 9.02. The van der Waals surface area contributed by atoms with Crippen molar-refractivity contribution >= 4 is 17.7 Å². The Hall–Kier alpha value is -3.42. The van der Waals surface area contributed by atoms with Crippen LogP contribution in [-0.2, 0) is 9.59 Å². The van der Waals surface area contributed by atoms with Gasteiger partial charge in [0.2, 0.25) is 11.8 Å². The first-order chi connectivity index (χ1) is 13.4. The Bertz CT molecular complexity index is 951. The molecule has 0 radical (unpaired) electrons. The predicted molar refractivity (Wildman–Crippen MR) is 103 cm³/mol. The van der Waals surface area contributed by atoms with E-state index in [0.29, 0.717) is 24.2 Å². The third-order valence-electron chi connectivity index (χ3n) is 4.90. The number of carbonyl (C=O) groups is 3. The molecule has 0 aliphatic carbocycles. The minimum atomic E-state index is -0.719. The number of rotatable bonds is 4. The number of hydrogen-bond donors (Lipinski definition) is 2. The van der Waals surface area contributed by atoms with E-state index in [1.54, 1.807) is 42.6 Å². The monoisotopic (exact) mass is 382 g/mol. The van der Waals surface area contributed by atoms with Crippen molar-refractivity contribution in [2.24, 2.45) is 5.73 Å². The Balaban J connectivity index is 1.68. The Morgan fingerprint density at radius 2 is 1.82 bits per heavy atom. The summed E-state index contributed by atoms with van der Waals surface area (Å²) in [5.74, 6) is -1.07. The van der Waals surface area contributed by atoms with E-state index in [9.17, 15) is 19.2 Å². The molecule has 1 aliphatic rings. The fourth-order valence-corrected chi connectivity index (χ4v) is 3.43. The van der Waals surface area contributed by atoms with E-state index in [1.165, 1.54) is 22.5 Å². The second-order valence-electron chi connectivity index (χ2n) is 6.78. The predicted octanol–water partition coefficient (Wildman–Crippen LogP) is 0.432. The van der Waals surface area contributed by atoms with E-state index in [-0.39, 0.29) is 29.8 Å². The second kappa shape index (κ2) is 8.08. The molecule has 2 unspecified atom stereocenters. The molecule has 1 fully saturated rings. The molecule has 1 aromatic heterocycles. The molecule has 1 aliphatic heterocycles. The van der Waals surface area contributed by atoms with Crippen molar-refractivity contribution in [3.8, 4) is 5.69 Å². The van der Waals surface area contributed by atoms with Crippen LogP contribution in [0.15, 0.2) is 53.5 Å². The average molecular weight is 382 g/mol. The summed E-state index contributed by atoms with van der Waals surface area (Å²) in [4.78, 5) is 49.2. The lowest BCUT2D eigenvalue weighted by molar-refractivity contribution is -0.139. The van der Waals surface area contributed by atoms with Gasteiger partial charge < -0.3 is 16.0 Å². The number of aromatic nitrogens is 1. The third kappa shape index (κ3) is 4.11. The van der Waals surface area contributed by atoms with Crippen molar-refractivity contribution in [1.82, 2.24) is 14.8 Å². The van der Waals surface area contributed by atoms with Gasteiger partial charge in [0.05, 0.1) is 0 Å². The summed E-state index contributed by atoms with van der Waals surface area (Å²) in [5.41, 5.74) is 6.35. The summed E-state index contributed by atoms with van der Waals surface area (Å²) in [7, 11) is 0. The maximum absolute atomic E-state index is 12.5. The maximum Gasteiger partial charge on any atom is 0.255 e. The molecule has 3 N–H and O–H groups in total. The van der Waals surface area contributed by atoms with Gasteiger partial charge in [0.1, 0.15) is 6.04 Å². The number of amides is 3. The van der Waals surface area contributed by atoms with Crippen molar-refractivity contribution in [1.29, 1.82) is 0 Å². The summed E-state index contributed by atoms with van der Waals surface area (Å²) in [6, 6.07) is 10.6. The Kier molecular flexibility index (Phi) is 5.58. The number of pyridine rings is 1. The zero-order valence-corrected chi connectivity index (χ0v) is 15.5. The van der Waals surface area contributed by atoms with Crippen molar-refractivity contribution in [3.05, 3.63) is 64.6 Å². The van der Waals surface area contributed by atoms with Crippen LogP contribution in [0, 0.1) is 0 Å². The van der Waals surface area contributed by atoms with E-state index in [0.717, 1.165) is 0 Å². The van der Waals surface area contributed by atoms with Gasteiger partial charge in [-0.25, -0.2) is 0 Å². The molecule has 1 aromatic carbocycles. The Labute approximate surface area is 161 Å². The third-order valence-corrected chi connectivity index (χ3v) is 4.90. The van der Waals surface area contributed by atoms with E-state index in [1.807, 2.05) is 0 Å². The van der Waals surface area contributed by atoms with Gasteiger partial charge in [0, 0.05) is 43.0 Å². The van der Waals surface area contributed by atoms with Gasteiger partial charge in [-0.15, -0.1) is 0 Å². The molecule has 8 heteroatoms. The normalized spacial score (nSPS) is 19.1. The summed E-state index contributed by atoms with van der Waals surface area (Å²) < 4.78 is 1.48. The smallest absolute Gasteiger partial charge is 0.255 e. The lowest BCUT2D eigenvalue weighted by Crippen LogP contribution is -2.56. The number of nitrogens with two attached hydrogens (primary N) is 1. The van der Waals surface area contributed by atoms with Crippen LogP contribution in [0.5, 0.6) is 0 Å². The molecule has 0 saturated carbocycles. The van der Waals surface area contributed by atoms with E-state index >= 15 is 0 Å². The molecule has 2 heterocycles. The topological polar surface area (TPSA) is 114 Å². The number of hydrogen-bond acceptors (Lipinski definition) is 4. The minimum Gasteiger partial charge on any atom is -0.368 e. The number of carbonyl (C=O) groups excluding carboxylic acids is 3. The van der Waals surface area contributed by atoms with Crippen molar-refractivity contribution < 1.29 is 14.4 Å². The minimum absolute atomic E-state index is 0.158. The van der Waals surface area contributed by atoms with Crippen molar-refractivity contribution in [2.45, 2.75) is 31.8 Å². The molecular formula is C20H22N4O4. The van der Waals surface area contributed by atoms with Gasteiger partial charge in [0.15, 0.2) is 0 Å². The van der Waals surface area contributed by atoms with E-state index < -0.39 is 11.9 Å². The number of piperidine rings is 1. The lowest BCUT2D eigenvalue weighted by Gasteiger charge is -2.37. The summed E-state index contributed by atoms with van der Waals surface area (Å²) in [6.45, 7) is 1.76. The first-order valence-corrected chi connectivity index (χ1v) is 9.02. The molecule has 3 rings (SSSR count). The number of likely N-dealkylation sites (tertiary alicyclic amines) is 1. The fourth-order valence-electron chi connectivity index (χ4n) is 3.43. The van der Waals surface area contributed by atoms with Crippen LogP contribution >= 0.6 is 0 Å². The molecule has 3 amide bonds. The van der Waals surface area contributed by atoms with Crippen LogP contribution in [0.4, 0.5) is 0 Å². The van der Waals surface area contributed by atoms with Gasteiger partial charge in [-0.1, -0.05) is 6.07 Å². The number of benzene rings is 1. The zero-order chi connectivity index (χ0) is 20.3. The van der Waals surface area contributed by atoms with Crippen LogP contribution in [-0.4, -0.2) is 45.8 Å². The Morgan fingerprint density at radius 3 is 2.43 bits per heavy atom. The van der Waals surface area contributed by atoms with Crippen LogP contribution in [0.1, 0.15) is 30.1 Å². The fraction of sp³-hybridized carbons (Fsp3) is 0.300. The molecule has 0 bridgehead atoms. The quantitative estimate of drug-likeness (QED) is 0.798. The van der Waals surface area contributed by atoms with Crippen LogP contribution in [0.2, 0.25) is 0 Å². The Morgan fingerprint density at radius 1 is 1.11 bits per heavy atom. The summed E-state index contributed by atoms with van der Waals surface area (Å²) >= 11 is 0. The number of nitrogens with one attached hydrogen (secondary N) is 1. The van der Waals surface area contributed by atoms with Crippen LogP contribution in [0.25, 0.3) is 5.69 Å². The number of nitrogens with zero attached hydrogens (tertiary/aromatic N) is 2. The van der Waals surface area contributed by atoms with Crippen LogP contribution in [0.3, 0.4) is 0 Å². The molecule has 8 nitrogen and oxygen atoms in total. The SMILES string of the molecule is CC(=O)N1CCC(NC(=O)c2ccc(-n3ccccc3=O)cc2)CC1C(N)=O. The maximum atomic E-state index is 12.5. The summed E-state index contributed by atoms with van der Waals surface area (Å²) in [5, 5.41) is 2.90. The van der Waals surface area contributed by atoms with Gasteiger partial charge in [-0.05, 0) is 43.2 Å². The van der Waals surface area contributed by atoms with Crippen molar-refractivity contribution in [2.75, 3.05) is 6.54 Å². The largest absolute Gasteiger partial charge is 0.368 e. The first kappa shape index (κ1) is 19.3. The molecular weight excluding hydrogens is 360 g/mol. The second-order valence-corrected chi connectivity index (χ2v) is 6.78. The van der Waals surface area contributed by atoms with E-state index in [2.05, 4.69) is 5.32 Å². The van der Waals surface area contributed by atoms with Gasteiger partial charge in [0.25, 0.3) is 11.5 Å². The van der Waals surface area contributed by atoms with Crippen LogP contribution < -0.4 is 16.6 Å². The van der Waals surface area contributed by atoms with Gasteiger partial charge in [-0.3, -0.25) is 23.7 Å². The van der Waals surface area contributed by atoms with E-state index in [4.69, 9.17) is 5.73 Å². The highest BCUT2D eigenvalue weighted by atomic mass is 16.2. The standard InChI is InChI=1S/C20H22N4O4/c1-13(25)23-11-9-15(12-17(23)19(21)27)22-20(28)14-5-7-16(8-6-14)24-10-3-2-4-18(24)26/h2-8,10,15,17H,9,11-12H2,1H3,(H2,21,27)(H,22,28). The zero-order valence-electron chi connectivity index (χ0n) is 15.5.